The molecule has 3 nitrogen and oxygen atoms in total. The largest absolute Gasteiger partial charge is 0.384 e. The molecule has 0 radical (unpaired) electrons. The zero-order valence-electron chi connectivity index (χ0n) is 11.9. The van der Waals surface area contributed by atoms with Gasteiger partial charge in [-0.25, -0.2) is 0 Å². The van der Waals surface area contributed by atoms with Gasteiger partial charge in [0.2, 0.25) is 0 Å². The summed E-state index contributed by atoms with van der Waals surface area (Å²) in [6, 6.07) is 5.56. The fourth-order valence-electron chi connectivity index (χ4n) is 1.84. The van der Waals surface area contributed by atoms with E-state index in [4.69, 9.17) is 5.11 Å². The summed E-state index contributed by atoms with van der Waals surface area (Å²) >= 11 is 0. The Hall–Kier alpha value is -1.79. The quantitative estimate of drug-likeness (QED) is 0.842. The fraction of sp³-hybridized carbons (Fsp3) is 0.438. The Morgan fingerprint density at radius 2 is 2.11 bits per heavy atom. The van der Waals surface area contributed by atoms with E-state index >= 15 is 0 Å². The van der Waals surface area contributed by atoms with Gasteiger partial charge in [0.15, 0.2) is 0 Å². The number of hydrogen-bond acceptors (Lipinski definition) is 2. The number of rotatable bonds is 4. The lowest BCUT2D eigenvalue weighted by Gasteiger charge is -2.17. The summed E-state index contributed by atoms with van der Waals surface area (Å²) < 4.78 is 0. The third-order valence-corrected chi connectivity index (χ3v) is 2.83. The predicted molar refractivity (Wildman–Crippen MR) is 77.0 cm³/mol. The monoisotopic (exact) mass is 259 g/mol. The van der Waals surface area contributed by atoms with Gasteiger partial charge in [-0.05, 0) is 37.1 Å². The molecule has 1 amide bonds. The number of aliphatic hydroxyl groups is 1. The minimum absolute atomic E-state index is 0.0178. The highest BCUT2D eigenvalue weighted by molar-refractivity contribution is 5.94. The van der Waals surface area contributed by atoms with Crippen molar-refractivity contribution in [1.82, 2.24) is 4.90 Å². The average Bonchev–Trinajstić information content (AvgIpc) is 2.41. The Balaban J connectivity index is 2.93. The summed E-state index contributed by atoms with van der Waals surface area (Å²) in [5.41, 5.74) is 2.42. The number of amides is 1. The summed E-state index contributed by atoms with van der Waals surface area (Å²) in [4.78, 5) is 14.0. The van der Waals surface area contributed by atoms with E-state index in [9.17, 15) is 4.79 Å². The van der Waals surface area contributed by atoms with Crippen LogP contribution in [0.15, 0.2) is 18.2 Å². The molecule has 0 aromatic heterocycles. The molecule has 0 aliphatic rings. The molecule has 0 unspecified atom stereocenters. The SMILES string of the molecule is CCCCN(C)C(=O)c1cc(C)cc(C#CCO)c1. The van der Waals surface area contributed by atoms with E-state index < -0.39 is 0 Å². The van der Waals surface area contributed by atoms with E-state index in [0.29, 0.717) is 5.56 Å². The number of benzene rings is 1. The van der Waals surface area contributed by atoms with Gasteiger partial charge >= 0.3 is 0 Å². The molecule has 0 spiro atoms. The van der Waals surface area contributed by atoms with Gasteiger partial charge in [-0.1, -0.05) is 25.2 Å². The van der Waals surface area contributed by atoms with Crippen LogP contribution < -0.4 is 0 Å². The molecule has 0 saturated heterocycles. The van der Waals surface area contributed by atoms with E-state index in [1.54, 1.807) is 11.0 Å². The maximum atomic E-state index is 12.3. The second-order valence-corrected chi connectivity index (χ2v) is 4.63. The summed E-state index contributed by atoms with van der Waals surface area (Å²) in [5.74, 6) is 5.46. The van der Waals surface area contributed by atoms with Crippen LogP contribution in [0.3, 0.4) is 0 Å². The lowest BCUT2D eigenvalue weighted by Crippen LogP contribution is -2.27. The first kappa shape index (κ1) is 15.3. The standard InChI is InChI=1S/C16H21NO2/c1-4-5-8-17(3)16(19)15-11-13(2)10-14(12-15)7-6-9-18/h10-12,18H,4-5,8-9H2,1-3H3. The number of carbonyl (C=O) groups excluding carboxylic acids is 1. The molecule has 1 N–H and O–H groups in total. The highest BCUT2D eigenvalue weighted by Crippen LogP contribution is 2.11. The Bertz CT molecular complexity index is 497. The second-order valence-electron chi connectivity index (χ2n) is 4.63. The molecule has 1 aromatic carbocycles. The molecule has 0 fully saturated rings. The molecule has 0 atom stereocenters. The Labute approximate surface area is 115 Å². The fourth-order valence-corrected chi connectivity index (χ4v) is 1.84. The molecule has 0 saturated carbocycles. The van der Waals surface area contributed by atoms with Gasteiger partial charge < -0.3 is 10.0 Å². The van der Waals surface area contributed by atoms with Crippen LogP contribution in [0.2, 0.25) is 0 Å². The van der Waals surface area contributed by atoms with Crippen molar-refractivity contribution in [1.29, 1.82) is 0 Å². The number of aliphatic hydroxyl groups excluding tert-OH is 1. The molecule has 0 aliphatic heterocycles. The highest BCUT2D eigenvalue weighted by atomic mass is 16.2. The summed E-state index contributed by atoms with van der Waals surface area (Å²) in [6.45, 7) is 4.63. The van der Waals surface area contributed by atoms with Crippen molar-refractivity contribution in [3.8, 4) is 11.8 Å². The highest BCUT2D eigenvalue weighted by Gasteiger charge is 2.11. The van der Waals surface area contributed by atoms with Crippen LogP contribution in [0.25, 0.3) is 0 Å². The maximum Gasteiger partial charge on any atom is 0.253 e. The minimum Gasteiger partial charge on any atom is -0.384 e. The van der Waals surface area contributed by atoms with Crippen molar-refractivity contribution in [3.63, 3.8) is 0 Å². The molecule has 1 rings (SSSR count). The van der Waals surface area contributed by atoms with E-state index in [1.165, 1.54) is 0 Å². The van der Waals surface area contributed by atoms with Gasteiger partial charge in [-0.15, -0.1) is 0 Å². The van der Waals surface area contributed by atoms with E-state index in [1.807, 2.05) is 26.1 Å². The van der Waals surface area contributed by atoms with Crippen LogP contribution in [0.1, 0.15) is 41.3 Å². The second kappa shape index (κ2) is 7.60. The number of hydrogen-bond donors (Lipinski definition) is 1. The van der Waals surface area contributed by atoms with Crippen molar-refractivity contribution in [2.75, 3.05) is 20.2 Å². The zero-order chi connectivity index (χ0) is 14.3. The Morgan fingerprint density at radius 3 is 2.74 bits per heavy atom. The topological polar surface area (TPSA) is 40.5 Å². The van der Waals surface area contributed by atoms with E-state index in [-0.39, 0.29) is 12.5 Å². The van der Waals surface area contributed by atoms with Crippen molar-refractivity contribution in [3.05, 3.63) is 34.9 Å². The van der Waals surface area contributed by atoms with Crippen molar-refractivity contribution in [2.45, 2.75) is 26.7 Å². The van der Waals surface area contributed by atoms with Crippen LogP contribution in [-0.4, -0.2) is 36.1 Å². The van der Waals surface area contributed by atoms with Gasteiger partial charge in [0.1, 0.15) is 6.61 Å². The third-order valence-electron chi connectivity index (χ3n) is 2.83. The van der Waals surface area contributed by atoms with Crippen LogP contribution in [0.5, 0.6) is 0 Å². The lowest BCUT2D eigenvalue weighted by atomic mass is 10.1. The van der Waals surface area contributed by atoms with Gasteiger partial charge in [0.05, 0.1) is 0 Å². The molecule has 1 aromatic rings. The normalized spacial score (nSPS) is 9.68. The van der Waals surface area contributed by atoms with E-state index in [0.717, 1.165) is 30.5 Å². The number of nitrogens with zero attached hydrogens (tertiary/aromatic N) is 1. The van der Waals surface area contributed by atoms with Crippen LogP contribution in [0.4, 0.5) is 0 Å². The van der Waals surface area contributed by atoms with Crippen LogP contribution in [0, 0.1) is 18.8 Å². The smallest absolute Gasteiger partial charge is 0.253 e. The number of carbonyl (C=O) groups is 1. The lowest BCUT2D eigenvalue weighted by molar-refractivity contribution is 0.0793. The first-order valence-corrected chi connectivity index (χ1v) is 6.55. The molecule has 0 bridgehead atoms. The maximum absolute atomic E-state index is 12.3. The predicted octanol–water partition coefficient (Wildman–Crippen LogP) is 2.21. The van der Waals surface area contributed by atoms with Gasteiger partial charge in [-0.2, -0.15) is 0 Å². The van der Waals surface area contributed by atoms with Gasteiger partial charge in [0.25, 0.3) is 5.91 Å². The third kappa shape index (κ3) is 4.76. The number of aryl methyl sites for hydroxylation is 1. The molecule has 102 valence electrons. The Kier molecular flexibility index (Phi) is 6.11. The van der Waals surface area contributed by atoms with Crippen molar-refractivity contribution in [2.24, 2.45) is 0 Å². The van der Waals surface area contributed by atoms with Crippen molar-refractivity contribution >= 4 is 5.91 Å². The molecule has 3 heteroatoms. The minimum atomic E-state index is -0.173. The summed E-state index contributed by atoms with van der Waals surface area (Å²) in [6.07, 6.45) is 2.07. The molecule has 0 aliphatic carbocycles. The first-order valence-electron chi connectivity index (χ1n) is 6.55. The van der Waals surface area contributed by atoms with Gasteiger partial charge in [-0.3, -0.25) is 4.79 Å². The molecular formula is C16H21NO2. The van der Waals surface area contributed by atoms with Crippen LogP contribution in [-0.2, 0) is 0 Å². The molecular weight excluding hydrogens is 238 g/mol. The molecule has 19 heavy (non-hydrogen) atoms. The van der Waals surface area contributed by atoms with E-state index in [2.05, 4.69) is 18.8 Å². The Morgan fingerprint density at radius 1 is 1.37 bits per heavy atom. The van der Waals surface area contributed by atoms with Gasteiger partial charge in [0, 0.05) is 24.7 Å². The zero-order valence-corrected chi connectivity index (χ0v) is 11.9. The first-order chi connectivity index (χ1) is 9.08. The summed E-state index contributed by atoms with van der Waals surface area (Å²) in [7, 11) is 1.82. The average molecular weight is 259 g/mol. The number of unbranched alkanes of at least 4 members (excludes halogenated alkanes) is 1. The van der Waals surface area contributed by atoms with Crippen LogP contribution >= 0.6 is 0 Å². The summed E-state index contributed by atoms with van der Waals surface area (Å²) in [5, 5.41) is 8.71. The molecule has 0 heterocycles. The van der Waals surface area contributed by atoms with Crippen molar-refractivity contribution < 1.29 is 9.90 Å².